The second kappa shape index (κ2) is 6.73. The second-order valence-electron chi connectivity index (χ2n) is 7.14. The van der Waals surface area contributed by atoms with E-state index in [-0.39, 0.29) is 24.2 Å². The van der Waals surface area contributed by atoms with E-state index in [1.807, 2.05) is 0 Å². The molecular formula is C15H20N3O9S3+3. The van der Waals surface area contributed by atoms with Crippen LogP contribution in [0.2, 0.25) is 0 Å². The molecule has 2 aromatic heterocycles. The van der Waals surface area contributed by atoms with E-state index in [4.69, 9.17) is 0 Å². The first-order valence-electron chi connectivity index (χ1n) is 8.49. The summed E-state index contributed by atoms with van der Waals surface area (Å²) in [6, 6.07) is 1.74. The summed E-state index contributed by atoms with van der Waals surface area (Å²) in [6.07, 6.45) is 1.52. The van der Waals surface area contributed by atoms with Crippen LogP contribution in [-0.2, 0) is 30.9 Å². The second-order valence-corrected chi connectivity index (χ2v) is 11.0. The van der Waals surface area contributed by atoms with Crippen molar-refractivity contribution in [2.45, 2.75) is 33.7 Å². The minimum absolute atomic E-state index is 0.00786. The van der Waals surface area contributed by atoms with Gasteiger partial charge in [0.25, 0.3) is 0 Å². The first-order valence-corrected chi connectivity index (χ1v) is 12.7. The molecule has 0 saturated heterocycles. The number of hydrogen-bond donors (Lipinski definition) is 3. The highest BCUT2D eigenvalue weighted by atomic mass is 32.2. The van der Waals surface area contributed by atoms with Gasteiger partial charge in [-0.3, -0.25) is 0 Å². The third kappa shape index (κ3) is 3.50. The number of hydrogen-bond acceptors (Lipinski definition) is 6. The Morgan fingerprint density at radius 1 is 0.833 bits per heavy atom. The maximum Gasteiger partial charge on any atom is 0.522 e. The van der Waals surface area contributed by atoms with Gasteiger partial charge in [-0.2, -0.15) is 0 Å². The lowest BCUT2D eigenvalue weighted by molar-refractivity contribution is -0.620. The fourth-order valence-electron chi connectivity index (χ4n) is 3.58. The van der Waals surface area contributed by atoms with Crippen LogP contribution < -0.4 is 22.6 Å². The number of aryl methyl sites for hydroxylation is 1. The van der Waals surface area contributed by atoms with Crippen molar-refractivity contribution in [3.05, 3.63) is 34.1 Å². The predicted octanol–water partition coefficient (Wildman–Crippen LogP) is -2.55. The molecule has 164 valence electrons. The van der Waals surface area contributed by atoms with Crippen molar-refractivity contribution < 1.29 is 46.9 Å². The monoisotopic (exact) mass is 482 g/mol. The maximum absolute atomic E-state index is 12.4. The number of fused-ring (bicyclic) bond motifs is 2. The molecular weight excluding hydrogens is 462 g/mol. The molecule has 2 unspecified atom stereocenters. The molecule has 0 saturated carbocycles. The van der Waals surface area contributed by atoms with Crippen LogP contribution >= 0.6 is 0 Å². The van der Waals surface area contributed by atoms with Gasteiger partial charge in [-0.05, 0) is 30.0 Å². The number of pyridine rings is 2. The number of nitrogens with zero attached hydrogens (tertiary/aromatic N) is 3. The molecule has 1 aliphatic rings. The molecule has 0 spiro atoms. The highest BCUT2D eigenvalue weighted by molar-refractivity contribution is 7.84. The van der Waals surface area contributed by atoms with E-state index in [9.17, 15) is 38.9 Å². The minimum atomic E-state index is -5.33. The van der Waals surface area contributed by atoms with Gasteiger partial charge in [0, 0.05) is 22.4 Å². The molecule has 0 aromatic carbocycles. The van der Waals surface area contributed by atoms with Crippen LogP contribution in [0.4, 0.5) is 0 Å². The Morgan fingerprint density at radius 3 is 1.83 bits per heavy atom. The normalized spacial score (nSPS) is 20.2. The van der Waals surface area contributed by atoms with Crippen LogP contribution in [0.3, 0.4) is 0 Å². The fourth-order valence-corrected chi connectivity index (χ4v) is 6.42. The highest BCUT2D eigenvalue weighted by Gasteiger charge is 2.48. The molecule has 3 heterocycles. The van der Waals surface area contributed by atoms with Crippen LogP contribution in [0, 0.1) is 19.8 Å². The Kier molecular flexibility index (Phi) is 5.08. The first kappa shape index (κ1) is 22.6. The van der Waals surface area contributed by atoms with Crippen LogP contribution in [0.25, 0.3) is 17.1 Å². The van der Waals surface area contributed by atoms with Crippen LogP contribution in [0.1, 0.15) is 25.1 Å². The number of rotatable bonds is 3. The van der Waals surface area contributed by atoms with Gasteiger partial charge in [0.1, 0.15) is 10.6 Å². The van der Waals surface area contributed by atoms with E-state index < -0.39 is 54.0 Å². The summed E-state index contributed by atoms with van der Waals surface area (Å²) in [7, 11) is -15.5. The minimum Gasteiger partial charge on any atom is -0.233 e. The van der Waals surface area contributed by atoms with Gasteiger partial charge < -0.3 is 0 Å². The molecule has 15 heteroatoms. The zero-order valence-corrected chi connectivity index (χ0v) is 18.7. The Morgan fingerprint density at radius 2 is 1.37 bits per heavy atom. The molecule has 2 atom stereocenters. The van der Waals surface area contributed by atoms with Gasteiger partial charge in [0.15, 0.2) is 6.04 Å². The zero-order valence-electron chi connectivity index (χ0n) is 16.2. The van der Waals surface area contributed by atoms with Gasteiger partial charge in [0.05, 0.1) is 3.97 Å². The van der Waals surface area contributed by atoms with Crippen molar-refractivity contribution in [3.63, 3.8) is 0 Å². The Bertz CT molecular complexity index is 1560. The van der Waals surface area contributed by atoms with Gasteiger partial charge in [-0.1, -0.05) is 13.0 Å². The largest absolute Gasteiger partial charge is 0.522 e. The SMILES string of the molecule is Cc1cc2cc3c([n+](S(=O)(=O)O)c2[n+](S(=O)(=O)O)c1C)=[N+](S(=O)(=O)O)C(C)C(C)C=3. The zero-order chi connectivity index (χ0) is 23.0. The summed E-state index contributed by atoms with van der Waals surface area (Å²) >= 11 is 0. The Labute approximate surface area is 172 Å². The van der Waals surface area contributed by atoms with Crippen molar-refractivity contribution in [1.29, 1.82) is 0 Å². The summed E-state index contributed by atoms with van der Waals surface area (Å²) < 4.78 is 103. The summed E-state index contributed by atoms with van der Waals surface area (Å²) in [5.41, 5.74) is -1.14. The lowest BCUT2D eigenvalue weighted by atomic mass is 10.0. The van der Waals surface area contributed by atoms with E-state index in [0.717, 1.165) is 0 Å². The smallest absolute Gasteiger partial charge is 0.233 e. The molecule has 12 nitrogen and oxygen atoms in total. The molecule has 0 bridgehead atoms. The summed E-state index contributed by atoms with van der Waals surface area (Å²) in [6.45, 7) is 5.83. The van der Waals surface area contributed by atoms with Crippen LogP contribution in [0.15, 0.2) is 12.1 Å². The Balaban J connectivity index is 2.96. The van der Waals surface area contributed by atoms with E-state index in [1.165, 1.54) is 39.0 Å². The molecule has 0 radical (unpaired) electrons. The van der Waals surface area contributed by atoms with E-state index in [1.54, 1.807) is 6.92 Å². The molecule has 3 N–H and O–H groups in total. The van der Waals surface area contributed by atoms with E-state index in [0.29, 0.717) is 9.54 Å². The first-order chi connectivity index (χ1) is 13.5. The molecule has 1 aliphatic heterocycles. The lowest BCUT2D eigenvalue weighted by Gasteiger charge is -2.14. The molecule has 0 aliphatic carbocycles. The van der Waals surface area contributed by atoms with Crippen molar-refractivity contribution >= 4 is 48.0 Å². The summed E-state index contributed by atoms with van der Waals surface area (Å²) in [5, 5.41) is -0.0196. The summed E-state index contributed by atoms with van der Waals surface area (Å²) in [5.74, 6) is -0.480. The predicted molar refractivity (Wildman–Crippen MR) is 103 cm³/mol. The lowest BCUT2D eigenvalue weighted by Crippen LogP contribution is -2.73. The van der Waals surface area contributed by atoms with Crippen LogP contribution in [-0.4, -0.2) is 45.0 Å². The van der Waals surface area contributed by atoms with E-state index in [2.05, 4.69) is 0 Å². The average molecular weight is 483 g/mol. The molecule has 0 fully saturated rings. The molecule has 2 aromatic rings. The standard InChI is InChI=1S/C15H17N3O9S3/c1-8-5-12-7-13-6-9(2)11(4)17(29(22,23)24)15(13)18(30(25,26)27)14(12)16(10(8)3)28(19,20)21/h5-8,10H,1-4H3/p+3. The van der Waals surface area contributed by atoms with E-state index >= 15 is 0 Å². The van der Waals surface area contributed by atoms with Gasteiger partial charge >= 0.3 is 42.0 Å². The Hall–Kier alpha value is -2.04. The topological polar surface area (TPSA) is 174 Å². The molecule has 30 heavy (non-hydrogen) atoms. The highest BCUT2D eigenvalue weighted by Crippen LogP contribution is 2.14. The molecule has 3 rings (SSSR count). The van der Waals surface area contributed by atoms with Gasteiger partial charge in [0.2, 0.25) is 5.69 Å². The molecule has 0 amide bonds. The van der Waals surface area contributed by atoms with Crippen molar-refractivity contribution in [3.8, 4) is 0 Å². The quantitative estimate of drug-likeness (QED) is 0.314. The van der Waals surface area contributed by atoms with Crippen molar-refractivity contribution in [2.24, 2.45) is 5.92 Å². The van der Waals surface area contributed by atoms with Crippen molar-refractivity contribution in [1.82, 2.24) is 3.98 Å². The van der Waals surface area contributed by atoms with Gasteiger partial charge in [-0.25, -0.2) is 13.7 Å². The van der Waals surface area contributed by atoms with Crippen LogP contribution in [0.5, 0.6) is 0 Å². The maximum atomic E-state index is 12.4. The number of aromatic nitrogens is 2. The summed E-state index contributed by atoms with van der Waals surface area (Å²) in [4.78, 5) is 0. The van der Waals surface area contributed by atoms with Gasteiger partial charge in [-0.15, -0.1) is 25.3 Å². The third-order valence-corrected chi connectivity index (χ3v) is 7.86. The fraction of sp³-hybridized carbons (Fsp3) is 0.400. The third-order valence-electron chi connectivity index (χ3n) is 5.14. The average Bonchev–Trinajstić information content (AvgIpc) is 2.52. The van der Waals surface area contributed by atoms with Crippen molar-refractivity contribution in [2.75, 3.05) is 0 Å².